The van der Waals surface area contributed by atoms with Gasteiger partial charge in [0.05, 0.1) is 12.0 Å². The molecule has 1 aromatic heterocycles. The molecule has 0 spiro atoms. The smallest absolute Gasteiger partial charge is 0.341 e. The standard InChI is InChI=1S/C25H26ClN5O4S/c26-19-12-10-17(11-13-19)24-29-30-25(31(24)20-7-2-1-3-8-20)36-16-22(32)28-27-14-18-6-4-5-9-21(18)35-15-23(33)34/h4-6,9-14,20H,1-3,7-8,15-16H2,(H,28,32)(H,33,34)/b27-14-. The van der Waals surface area contributed by atoms with Crippen LogP contribution < -0.4 is 10.2 Å². The Morgan fingerprint density at radius 1 is 1.14 bits per heavy atom. The van der Waals surface area contributed by atoms with Crippen LogP contribution in [-0.2, 0) is 9.59 Å². The van der Waals surface area contributed by atoms with Gasteiger partial charge in [-0.3, -0.25) is 9.36 Å². The third-order valence-corrected chi connectivity index (χ3v) is 6.90. The Balaban J connectivity index is 1.42. The lowest BCUT2D eigenvalue weighted by atomic mass is 9.95. The number of halogens is 1. The zero-order chi connectivity index (χ0) is 25.3. The number of ether oxygens (including phenoxy) is 1. The highest BCUT2D eigenvalue weighted by Gasteiger charge is 2.24. The summed E-state index contributed by atoms with van der Waals surface area (Å²) < 4.78 is 7.40. The monoisotopic (exact) mass is 527 g/mol. The van der Waals surface area contributed by atoms with Crippen molar-refractivity contribution in [2.24, 2.45) is 5.10 Å². The van der Waals surface area contributed by atoms with Crippen LogP contribution in [0.15, 0.2) is 58.8 Å². The molecule has 1 heterocycles. The number of para-hydroxylation sites is 1. The maximum atomic E-state index is 12.5. The third-order valence-electron chi connectivity index (χ3n) is 5.70. The number of benzene rings is 2. The normalized spacial score (nSPS) is 14.1. The van der Waals surface area contributed by atoms with Crippen molar-refractivity contribution in [3.8, 4) is 17.1 Å². The minimum Gasteiger partial charge on any atom is -0.481 e. The molecule has 1 aliphatic rings. The van der Waals surface area contributed by atoms with Crippen molar-refractivity contribution >= 4 is 41.5 Å². The van der Waals surface area contributed by atoms with Crippen molar-refractivity contribution in [1.82, 2.24) is 20.2 Å². The summed E-state index contributed by atoms with van der Waals surface area (Å²) >= 11 is 7.38. The molecule has 2 aromatic carbocycles. The van der Waals surface area contributed by atoms with Gasteiger partial charge in [0.25, 0.3) is 5.91 Å². The SMILES string of the molecule is O=C(O)COc1ccccc1/C=N\NC(=O)CSc1nnc(-c2ccc(Cl)cc2)n1C1CCCCC1. The van der Waals surface area contributed by atoms with Crippen LogP contribution in [0.3, 0.4) is 0 Å². The van der Waals surface area contributed by atoms with E-state index in [0.29, 0.717) is 21.5 Å². The van der Waals surface area contributed by atoms with Gasteiger partial charge in [-0.1, -0.05) is 54.8 Å². The topological polar surface area (TPSA) is 119 Å². The van der Waals surface area contributed by atoms with E-state index < -0.39 is 12.6 Å². The van der Waals surface area contributed by atoms with Gasteiger partial charge in [-0.25, -0.2) is 10.2 Å². The quantitative estimate of drug-likeness (QED) is 0.220. The van der Waals surface area contributed by atoms with Gasteiger partial charge >= 0.3 is 5.97 Å². The molecule has 4 rings (SSSR count). The van der Waals surface area contributed by atoms with Crippen LogP contribution in [-0.4, -0.2) is 50.3 Å². The van der Waals surface area contributed by atoms with Crippen molar-refractivity contribution in [3.05, 3.63) is 59.1 Å². The number of nitrogens with zero attached hydrogens (tertiary/aromatic N) is 4. The van der Waals surface area contributed by atoms with Gasteiger partial charge < -0.3 is 9.84 Å². The van der Waals surface area contributed by atoms with Crippen LogP contribution in [0.2, 0.25) is 5.02 Å². The summed E-state index contributed by atoms with van der Waals surface area (Å²) in [5.74, 6) is -0.126. The summed E-state index contributed by atoms with van der Waals surface area (Å²) in [5, 5.41) is 23.0. The van der Waals surface area contributed by atoms with Gasteiger partial charge in [-0.05, 0) is 49.2 Å². The first kappa shape index (κ1) is 25.7. The number of nitrogens with one attached hydrogen (secondary N) is 1. The maximum Gasteiger partial charge on any atom is 0.341 e. The van der Waals surface area contributed by atoms with E-state index in [0.717, 1.165) is 37.1 Å². The molecule has 9 nitrogen and oxygen atoms in total. The van der Waals surface area contributed by atoms with Gasteiger partial charge in [0.1, 0.15) is 5.75 Å². The van der Waals surface area contributed by atoms with E-state index in [2.05, 4.69) is 25.3 Å². The van der Waals surface area contributed by atoms with Gasteiger partial charge in [-0.2, -0.15) is 5.10 Å². The number of thioether (sulfide) groups is 1. The number of carbonyl (C=O) groups excluding carboxylic acids is 1. The lowest BCUT2D eigenvalue weighted by Gasteiger charge is -2.25. The maximum absolute atomic E-state index is 12.5. The van der Waals surface area contributed by atoms with Crippen LogP contribution in [0.4, 0.5) is 0 Å². The summed E-state index contributed by atoms with van der Waals surface area (Å²) in [6, 6.07) is 14.7. The number of carboxylic acids is 1. The first-order chi connectivity index (χ1) is 17.5. The molecule has 0 radical (unpaired) electrons. The number of carbonyl (C=O) groups is 2. The molecular weight excluding hydrogens is 502 g/mol. The van der Waals surface area contributed by atoms with Crippen LogP contribution in [0.5, 0.6) is 5.75 Å². The number of aliphatic carboxylic acids is 1. The Labute approximate surface area is 217 Å². The van der Waals surface area contributed by atoms with E-state index in [9.17, 15) is 9.59 Å². The number of carboxylic acid groups (broad SMARTS) is 1. The first-order valence-corrected chi connectivity index (χ1v) is 13.0. The van der Waals surface area contributed by atoms with Gasteiger partial charge in [0.15, 0.2) is 17.6 Å². The summed E-state index contributed by atoms with van der Waals surface area (Å²) in [4.78, 5) is 23.2. The molecule has 1 fully saturated rings. The third kappa shape index (κ3) is 6.86. The number of hydrogen-bond acceptors (Lipinski definition) is 7. The number of amides is 1. The Morgan fingerprint density at radius 2 is 1.89 bits per heavy atom. The van der Waals surface area contributed by atoms with Gasteiger partial charge in [0, 0.05) is 22.2 Å². The minimum atomic E-state index is -1.08. The highest BCUT2D eigenvalue weighted by molar-refractivity contribution is 7.99. The Kier molecular flexibility index (Phi) is 8.96. The Morgan fingerprint density at radius 3 is 2.64 bits per heavy atom. The molecule has 1 saturated carbocycles. The lowest BCUT2D eigenvalue weighted by molar-refractivity contribution is -0.139. The highest BCUT2D eigenvalue weighted by atomic mass is 35.5. The molecule has 36 heavy (non-hydrogen) atoms. The van der Waals surface area contributed by atoms with E-state index in [4.69, 9.17) is 21.4 Å². The summed E-state index contributed by atoms with van der Waals surface area (Å²) in [7, 11) is 0. The summed E-state index contributed by atoms with van der Waals surface area (Å²) in [5.41, 5.74) is 3.99. The molecule has 188 valence electrons. The highest BCUT2D eigenvalue weighted by Crippen LogP contribution is 2.35. The molecule has 3 aromatic rings. The van der Waals surface area contributed by atoms with Crippen LogP contribution in [0, 0.1) is 0 Å². The predicted octanol–water partition coefficient (Wildman–Crippen LogP) is 4.81. The second-order valence-electron chi connectivity index (χ2n) is 8.28. The molecule has 1 aliphatic carbocycles. The second kappa shape index (κ2) is 12.5. The number of aromatic nitrogens is 3. The zero-order valence-corrected chi connectivity index (χ0v) is 21.0. The molecule has 0 aliphatic heterocycles. The largest absolute Gasteiger partial charge is 0.481 e. The molecular formula is C25H26ClN5O4S. The van der Waals surface area contributed by atoms with Crippen LogP contribution >= 0.6 is 23.4 Å². The van der Waals surface area contributed by atoms with Gasteiger partial charge in [0.2, 0.25) is 0 Å². The van der Waals surface area contributed by atoms with E-state index in [-0.39, 0.29) is 17.7 Å². The fourth-order valence-electron chi connectivity index (χ4n) is 4.03. The van der Waals surface area contributed by atoms with E-state index in [1.807, 2.05) is 24.3 Å². The molecule has 0 unspecified atom stereocenters. The van der Waals surface area contributed by atoms with Crippen molar-refractivity contribution in [3.63, 3.8) is 0 Å². The van der Waals surface area contributed by atoms with Crippen molar-refractivity contribution < 1.29 is 19.4 Å². The van der Waals surface area contributed by atoms with Crippen LogP contribution in [0.1, 0.15) is 43.7 Å². The number of hydrazone groups is 1. The molecule has 0 bridgehead atoms. The van der Waals surface area contributed by atoms with E-state index in [1.54, 1.807) is 24.3 Å². The van der Waals surface area contributed by atoms with Crippen molar-refractivity contribution in [2.45, 2.75) is 43.3 Å². The van der Waals surface area contributed by atoms with Crippen LogP contribution in [0.25, 0.3) is 11.4 Å². The fourth-order valence-corrected chi connectivity index (χ4v) is 4.96. The number of hydrogen-bond donors (Lipinski definition) is 2. The lowest BCUT2D eigenvalue weighted by Crippen LogP contribution is -2.21. The fraction of sp³-hybridized carbons (Fsp3) is 0.320. The Bertz CT molecular complexity index is 1230. The second-order valence-corrected chi connectivity index (χ2v) is 9.66. The molecule has 11 heteroatoms. The van der Waals surface area contributed by atoms with Gasteiger partial charge in [-0.15, -0.1) is 10.2 Å². The number of rotatable bonds is 10. The molecule has 2 N–H and O–H groups in total. The molecule has 0 saturated heterocycles. The first-order valence-electron chi connectivity index (χ1n) is 11.6. The summed E-state index contributed by atoms with van der Waals surface area (Å²) in [6.07, 6.45) is 7.04. The summed E-state index contributed by atoms with van der Waals surface area (Å²) in [6.45, 7) is -0.465. The zero-order valence-electron chi connectivity index (χ0n) is 19.5. The van der Waals surface area contributed by atoms with Crippen molar-refractivity contribution in [2.75, 3.05) is 12.4 Å². The van der Waals surface area contributed by atoms with Crippen molar-refractivity contribution in [1.29, 1.82) is 0 Å². The Hall–Kier alpha value is -3.37. The van der Waals surface area contributed by atoms with E-state index >= 15 is 0 Å². The molecule has 0 atom stereocenters. The predicted molar refractivity (Wildman–Crippen MR) is 139 cm³/mol. The van der Waals surface area contributed by atoms with E-state index in [1.165, 1.54) is 24.4 Å². The average Bonchev–Trinajstić information content (AvgIpc) is 3.32. The molecule has 1 amide bonds. The minimum absolute atomic E-state index is 0.111. The average molecular weight is 528 g/mol.